The van der Waals surface area contributed by atoms with Crippen molar-refractivity contribution in [2.75, 3.05) is 0 Å². The van der Waals surface area contributed by atoms with Crippen LogP contribution in [0.1, 0.15) is 31.2 Å². The van der Waals surface area contributed by atoms with Gasteiger partial charge in [-0.05, 0) is 31.4 Å². The Morgan fingerprint density at radius 3 is 2.79 bits per heavy atom. The fourth-order valence-electron chi connectivity index (χ4n) is 3.73. The number of rotatable bonds is 3. The van der Waals surface area contributed by atoms with Crippen molar-refractivity contribution in [1.29, 1.82) is 0 Å². The molecule has 3 aromatic rings. The number of pyridine rings is 1. The van der Waals surface area contributed by atoms with Crippen molar-refractivity contribution in [1.82, 2.24) is 4.98 Å². The third kappa shape index (κ3) is 3.64. The molecule has 2 heterocycles. The first-order valence-electron chi connectivity index (χ1n) is 9.30. The van der Waals surface area contributed by atoms with Crippen LogP contribution in [0.4, 0.5) is 0 Å². The largest absolute Gasteiger partial charge is 0.515 e. The van der Waals surface area contributed by atoms with Crippen LogP contribution < -0.4 is 4.74 Å². The third-order valence-electron chi connectivity index (χ3n) is 5.10. The second-order valence-corrected chi connectivity index (χ2v) is 6.97. The topological polar surface area (TPSA) is 63.9 Å². The summed E-state index contributed by atoms with van der Waals surface area (Å²) in [6.45, 7) is 0. The zero-order chi connectivity index (χ0) is 18.2. The van der Waals surface area contributed by atoms with Crippen LogP contribution in [-0.4, -0.2) is 28.1 Å². The molecule has 0 amide bonds. The number of phenolic OH excluding ortho intramolecular Hbond substituents is 1. The monoisotopic (exact) mass is 554 g/mol. The van der Waals surface area contributed by atoms with E-state index in [9.17, 15) is 5.11 Å². The number of hydrogen-bond donors (Lipinski definition) is 1. The normalized spacial score (nSPS) is 20.6. The van der Waals surface area contributed by atoms with Crippen LogP contribution >= 0.6 is 0 Å². The van der Waals surface area contributed by atoms with E-state index in [1.807, 2.05) is 30.3 Å². The van der Waals surface area contributed by atoms with Crippen molar-refractivity contribution in [3.63, 3.8) is 0 Å². The first kappa shape index (κ1) is 18.9. The molecular weight excluding hydrogens is 535 g/mol. The number of nitrogens with zero attached hydrogens (tertiary/aromatic N) is 2. The van der Waals surface area contributed by atoms with Crippen LogP contribution in [0.3, 0.4) is 0 Å². The van der Waals surface area contributed by atoms with Gasteiger partial charge in [0.25, 0.3) is 0 Å². The predicted molar refractivity (Wildman–Crippen MR) is 102 cm³/mol. The molecule has 2 aromatic carbocycles. The summed E-state index contributed by atoms with van der Waals surface area (Å²) in [6, 6.07) is 18.1. The summed E-state index contributed by atoms with van der Waals surface area (Å²) in [7, 11) is 0. The first-order valence-corrected chi connectivity index (χ1v) is 9.30. The second kappa shape index (κ2) is 7.92. The molecule has 1 unspecified atom stereocenters. The Balaban J connectivity index is 0.00000192. The van der Waals surface area contributed by atoms with E-state index < -0.39 is 0 Å². The van der Waals surface area contributed by atoms with Gasteiger partial charge in [-0.1, -0.05) is 30.2 Å². The minimum atomic E-state index is 0. The van der Waals surface area contributed by atoms with Crippen LogP contribution in [0.5, 0.6) is 17.4 Å². The van der Waals surface area contributed by atoms with Crippen LogP contribution in [0.25, 0.3) is 10.9 Å². The molecule has 1 aromatic heterocycles. The maximum atomic E-state index is 9.99. The quantitative estimate of drug-likeness (QED) is 0.481. The van der Waals surface area contributed by atoms with E-state index in [-0.39, 0.29) is 39.0 Å². The average molecular weight is 554 g/mol. The second-order valence-electron chi connectivity index (χ2n) is 6.97. The van der Waals surface area contributed by atoms with Gasteiger partial charge in [0.2, 0.25) is 5.88 Å². The Bertz CT molecular complexity index is 1040. The van der Waals surface area contributed by atoms with Crippen molar-refractivity contribution in [2.24, 2.45) is 4.99 Å². The van der Waals surface area contributed by atoms with Gasteiger partial charge in [-0.2, -0.15) is 0 Å². The van der Waals surface area contributed by atoms with Gasteiger partial charge in [0.05, 0.1) is 6.04 Å². The minimum Gasteiger partial charge on any atom is -0.515 e. The van der Waals surface area contributed by atoms with Gasteiger partial charge in [0.1, 0.15) is 23.3 Å². The summed E-state index contributed by atoms with van der Waals surface area (Å²) in [4.78, 5) is 9.14. The van der Waals surface area contributed by atoms with Crippen molar-refractivity contribution >= 4 is 16.8 Å². The van der Waals surface area contributed by atoms with E-state index in [4.69, 9.17) is 14.5 Å². The molecule has 2 aliphatic rings. The molecule has 0 spiro atoms. The summed E-state index contributed by atoms with van der Waals surface area (Å²) in [5.74, 6) is 1.73. The molecule has 1 aliphatic heterocycles. The Morgan fingerprint density at radius 2 is 1.89 bits per heavy atom. The average Bonchev–Trinajstić information content (AvgIpc) is 3.13. The third-order valence-corrected chi connectivity index (χ3v) is 5.10. The number of aromatic nitrogens is 1. The molecule has 1 N–H and O–H groups in total. The number of phenols is 1. The Morgan fingerprint density at radius 1 is 1.04 bits per heavy atom. The summed E-state index contributed by atoms with van der Waals surface area (Å²) < 4.78 is 11.9. The van der Waals surface area contributed by atoms with E-state index in [1.165, 1.54) is 12.8 Å². The van der Waals surface area contributed by atoms with E-state index >= 15 is 0 Å². The molecule has 0 saturated heterocycles. The molecule has 0 bridgehead atoms. The van der Waals surface area contributed by atoms with Gasteiger partial charge in [-0.3, -0.25) is 4.99 Å². The van der Waals surface area contributed by atoms with Crippen LogP contribution in [0.15, 0.2) is 53.5 Å². The molecule has 1 saturated carbocycles. The zero-order valence-electron chi connectivity index (χ0n) is 15.1. The molecular formula is C22H19N2O3Pt-. The summed E-state index contributed by atoms with van der Waals surface area (Å²) in [5.41, 5.74) is 1.31. The number of ether oxygens (including phenoxy) is 2. The summed E-state index contributed by atoms with van der Waals surface area (Å²) >= 11 is 0. The molecule has 1 fully saturated rings. The molecule has 146 valence electrons. The summed E-state index contributed by atoms with van der Waals surface area (Å²) in [5, 5.41) is 10.9. The van der Waals surface area contributed by atoms with Gasteiger partial charge in [0.15, 0.2) is 0 Å². The molecule has 5 rings (SSSR count). The summed E-state index contributed by atoms with van der Waals surface area (Å²) in [6.07, 6.45) is 4.79. The number of hydrogen-bond acceptors (Lipinski definition) is 5. The fourth-order valence-corrected chi connectivity index (χ4v) is 3.73. The van der Waals surface area contributed by atoms with Crippen molar-refractivity contribution in [3.05, 3.63) is 60.2 Å². The predicted octanol–water partition coefficient (Wildman–Crippen LogP) is 4.62. The standard InChI is InChI=1S/C22H19N2O3.Pt/c25-18-9-4-5-14-11-12-20(24-21(14)18)26-16-7-3-6-15(13-16)22-23-17-8-1-2-10-19(17)27-22;/h3-7,9,11-12,17,19,25H,1-2,8,10H2;/q-1;/t17-,19?;/m0./s1. The molecule has 0 radical (unpaired) electrons. The van der Waals surface area contributed by atoms with Crippen molar-refractivity contribution < 1.29 is 35.6 Å². The van der Waals surface area contributed by atoms with Gasteiger partial charge in [-0.25, -0.2) is 4.98 Å². The number of aromatic hydroxyl groups is 1. The van der Waals surface area contributed by atoms with E-state index in [1.54, 1.807) is 18.2 Å². The fraction of sp³-hybridized carbons (Fsp3) is 0.273. The van der Waals surface area contributed by atoms with E-state index in [0.29, 0.717) is 23.0 Å². The van der Waals surface area contributed by atoms with Crippen LogP contribution in [-0.2, 0) is 25.8 Å². The maximum absolute atomic E-state index is 9.99. The van der Waals surface area contributed by atoms with Gasteiger partial charge in [0, 0.05) is 38.3 Å². The van der Waals surface area contributed by atoms with Crippen molar-refractivity contribution in [2.45, 2.75) is 37.8 Å². The number of fused-ring (bicyclic) bond motifs is 2. The number of aliphatic imine (C=N–C) groups is 1. The smallest absolute Gasteiger partial charge is 0.217 e. The van der Waals surface area contributed by atoms with E-state index in [0.717, 1.165) is 23.8 Å². The number of benzene rings is 2. The molecule has 6 heteroatoms. The van der Waals surface area contributed by atoms with E-state index in [2.05, 4.69) is 11.1 Å². The zero-order valence-corrected chi connectivity index (χ0v) is 17.3. The van der Waals surface area contributed by atoms with Crippen LogP contribution in [0, 0.1) is 6.07 Å². The molecule has 5 nitrogen and oxygen atoms in total. The Hall–Kier alpha value is -2.39. The Labute approximate surface area is 177 Å². The van der Waals surface area contributed by atoms with Gasteiger partial charge >= 0.3 is 0 Å². The molecule has 2 atom stereocenters. The molecule has 28 heavy (non-hydrogen) atoms. The Kier molecular flexibility index (Phi) is 5.36. The minimum absolute atomic E-state index is 0. The van der Waals surface area contributed by atoms with Gasteiger partial charge < -0.3 is 14.6 Å². The number of para-hydroxylation sites is 1. The first-order chi connectivity index (χ1) is 13.3. The molecule has 1 aliphatic carbocycles. The maximum Gasteiger partial charge on any atom is 0.217 e. The van der Waals surface area contributed by atoms with Gasteiger partial charge in [-0.15, -0.1) is 18.2 Å². The van der Waals surface area contributed by atoms with Crippen LogP contribution in [0.2, 0.25) is 0 Å². The van der Waals surface area contributed by atoms with Crippen molar-refractivity contribution in [3.8, 4) is 17.4 Å². The SMILES string of the molecule is Oc1cccc2ccc(Oc3[c-]c(C4=N[C@H]5CCCCC5O4)ccc3)nc12.[Pt].